The third-order valence-corrected chi connectivity index (χ3v) is 18.7. The van der Waals surface area contributed by atoms with Crippen LogP contribution in [0, 0.1) is 0 Å². The maximum atomic E-state index is 5.13. The summed E-state index contributed by atoms with van der Waals surface area (Å²) in [5.41, 5.74) is 27.3. The van der Waals surface area contributed by atoms with Gasteiger partial charge < -0.3 is 0 Å². The van der Waals surface area contributed by atoms with Crippen LogP contribution in [0.2, 0.25) is 0 Å². The molecule has 8 aromatic heterocycles. The lowest BCUT2D eigenvalue weighted by Crippen LogP contribution is -1.90. The third kappa shape index (κ3) is 10.9. The maximum absolute atomic E-state index is 5.13. The van der Waals surface area contributed by atoms with Gasteiger partial charge in [-0.1, -0.05) is 218 Å². The van der Waals surface area contributed by atoms with Crippen molar-refractivity contribution in [3.8, 4) is 101 Å². The number of hydrogen-bond acceptors (Lipinski definition) is 8. The molecule has 0 amide bonds. The van der Waals surface area contributed by atoms with Crippen LogP contribution in [0.5, 0.6) is 0 Å². The number of benzene rings is 11. The van der Waals surface area contributed by atoms with Crippen LogP contribution in [0.3, 0.4) is 0 Å². The molecule has 0 saturated carbocycles. The second kappa shape index (κ2) is 24.6. The van der Waals surface area contributed by atoms with Gasteiger partial charge in [0.25, 0.3) is 0 Å². The highest BCUT2D eigenvalue weighted by molar-refractivity contribution is 6.11. The summed E-state index contributed by atoms with van der Waals surface area (Å²) in [5, 5.41) is 8.80. The van der Waals surface area contributed by atoms with Crippen molar-refractivity contribution in [3.05, 3.63) is 340 Å². The Morgan fingerprint density at radius 1 is 0.163 bits per heavy atom. The van der Waals surface area contributed by atoms with Gasteiger partial charge in [0.05, 0.1) is 66.9 Å². The Hall–Kier alpha value is -13.3. The molecular weight excluding hydrogens is 1190 g/mol. The molecule has 8 heteroatoms. The standard InChI is InChI=1S/C48H30N4.C42H26N4/c1-2-6-31(7-3-1)32-10-14-34(15-11-32)43-25-22-39-28-37(21-24-45(39)51-43)38-19-18-36-20-23-44(52-46(36)30-38)35-16-12-33(13-17-35)42-29-40-8-4-26-49-47(40)48-41(42)9-5-27-50-48;1-2-6-28(7-3-1)37-21-18-33-24-31(17-20-39(33)45-37)32-15-14-30-16-19-38(46-40(30)26-32)29-12-10-27(11-13-29)36-25-34-8-4-22-43-41(34)42-35(36)9-5-23-44-42/h1-30H;1-26H. The van der Waals surface area contributed by atoms with E-state index in [9.17, 15) is 0 Å². The SMILES string of the molecule is c1ccc(-c2ccc(-c3ccc4cc(-c5ccc6ccc(-c7ccc(-c8cc9cccnc9c9ncccc89)cc7)nc6c5)ccc4n3)cc2)cc1.c1ccc(-c2ccc3cc(-c4ccc5ccc(-c6ccc(-c7cc8cccnc8c8ncccc78)cc6)nc5c4)ccc3n2)cc1. The smallest absolute Gasteiger partial charge is 0.0970 e. The predicted molar refractivity (Wildman–Crippen MR) is 404 cm³/mol. The Bertz CT molecular complexity index is 6280. The maximum Gasteiger partial charge on any atom is 0.0970 e. The second-order valence-electron chi connectivity index (χ2n) is 24.7. The number of nitrogens with zero attached hydrogens (tertiary/aromatic N) is 8. The van der Waals surface area contributed by atoms with E-state index in [1.54, 1.807) is 0 Å². The van der Waals surface area contributed by atoms with E-state index in [1.807, 2.05) is 73.3 Å². The molecule has 19 aromatic rings. The zero-order valence-corrected chi connectivity index (χ0v) is 52.9. The van der Waals surface area contributed by atoms with Gasteiger partial charge in [-0.05, 0) is 153 Å². The number of aromatic nitrogens is 8. The average molecular weight is 1250 g/mol. The van der Waals surface area contributed by atoms with Crippen molar-refractivity contribution in [1.82, 2.24) is 39.9 Å². The van der Waals surface area contributed by atoms with E-state index in [4.69, 9.17) is 19.9 Å². The van der Waals surface area contributed by atoms with E-state index in [2.05, 4.69) is 287 Å². The highest BCUT2D eigenvalue weighted by atomic mass is 14.7. The van der Waals surface area contributed by atoms with Crippen molar-refractivity contribution in [2.45, 2.75) is 0 Å². The van der Waals surface area contributed by atoms with E-state index in [1.165, 1.54) is 11.1 Å². The first kappa shape index (κ1) is 57.4. The summed E-state index contributed by atoms with van der Waals surface area (Å²) >= 11 is 0. The molecule has 0 bridgehead atoms. The normalized spacial score (nSPS) is 11.5. The summed E-state index contributed by atoms with van der Waals surface area (Å²) in [7, 11) is 0. The molecule has 0 aliphatic heterocycles. The summed E-state index contributed by atoms with van der Waals surface area (Å²) in [6.07, 6.45) is 7.32. The molecule has 0 atom stereocenters. The van der Waals surface area contributed by atoms with Crippen LogP contribution in [0.15, 0.2) is 340 Å². The second-order valence-corrected chi connectivity index (χ2v) is 24.7. The van der Waals surface area contributed by atoms with Gasteiger partial charge in [0.2, 0.25) is 0 Å². The summed E-state index contributed by atoms with van der Waals surface area (Å²) < 4.78 is 0. The predicted octanol–water partition coefficient (Wildman–Crippen LogP) is 22.8. The zero-order valence-electron chi connectivity index (χ0n) is 52.9. The number of hydrogen-bond donors (Lipinski definition) is 0. The molecule has 0 saturated heterocycles. The lowest BCUT2D eigenvalue weighted by molar-refractivity contribution is 1.37. The molecule has 0 fully saturated rings. The minimum atomic E-state index is 0.920. The first-order chi connectivity index (χ1) is 48.5. The minimum absolute atomic E-state index is 0.920. The third-order valence-electron chi connectivity index (χ3n) is 18.7. The molecule has 19 rings (SSSR count). The largest absolute Gasteiger partial charge is 0.254 e. The highest BCUT2D eigenvalue weighted by Crippen LogP contribution is 2.38. The van der Waals surface area contributed by atoms with Crippen molar-refractivity contribution in [3.63, 3.8) is 0 Å². The Kier molecular flexibility index (Phi) is 14.4. The number of fused-ring (bicyclic) bond motifs is 10. The Balaban J connectivity index is 0.000000143. The van der Waals surface area contributed by atoms with E-state index < -0.39 is 0 Å². The van der Waals surface area contributed by atoms with Gasteiger partial charge in [0.1, 0.15) is 0 Å². The van der Waals surface area contributed by atoms with Crippen LogP contribution in [0.1, 0.15) is 0 Å². The van der Waals surface area contributed by atoms with Gasteiger partial charge in [-0.3, -0.25) is 19.9 Å². The first-order valence-corrected chi connectivity index (χ1v) is 32.8. The van der Waals surface area contributed by atoms with E-state index in [0.717, 1.165) is 177 Å². The van der Waals surface area contributed by atoms with Crippen molar-refractivity contribution in [2.24, 2.45) is 0 Å². The quantitative estimate of drug-likeness (QED) is 0.132. The molecule has 0 aliphatic carbocycles. The van der Waals surface area contributed by atoms with Gasteiger partial charge >= 0.3 is 0 Å². The number of rotatable bonds is 9. The van der Waals surface area contributed by atoms with Crippen molar-refractivity contribution in [2.75, 3.05) is 0 Å². The molecule has 0 aliphatic rings. The van der Waals surface area contributed by atoms with Gasteiger partial charge in [0, 0.05) is 90.1 Å². The van der Waals surface area contributed by atoms with E-state index in [0.29, 0.717) is 0 Å². The molecular formula is C90H56N8. The van der Waals surface area contributed by atoms with Gasteiger partial charge in [-0.25, -0.2) is 19.9 Å². The van der Waals surface area contributed by atoms with E-state index >= 15 is 0 Å². The molecule has 0 radical (unpaired) electrons. The van der Waals surface area contributed by atoms with Crippen LogP contribution < -0.4 is 0 Å². The monoisotopic (exact) mass is 1250 g/mol. The van der Waals surface area contributed by atoms with Crippen molar-refractivity contribution >= 4 is 87.2 Å². The minimum Gasteiger partial charge on any atom is -0.254 e. The fourth-order valence-electron chi connectivity index (χ4n) is 13.6. The Morgan fingerprint density at radius 2 is 0.469 bits per heavy atom. The Labute approximate surface area is 564 Å². The summed E-state index contributed by atoms with van der Waals surface area (Å²) in [6, 6.07) is 111. The van der Waals surface area contributed by atoms with Crippen molar-refractivity contribution < 1.29 is 0 Å². The van der Waals surface area contributed by atoms with Gasteiger partial charge in [-0.2, -0.15) is 0 Å². The molecule has 456 valence electrons. The van der Waals surface area contributed by atoms with Crippen LogP contribution in [0.25, 0.3) is 188 Å². The van der Waals surface area contributed by atoms with Crippen LogP contribution in [-0.2, 0) is 0 Å². The molecule has 0 N–H and O–H groups in total. The van der Waals surface area contributed by atoms with Crippen LogP contribution in [-0.4, -0.2) is 39.9 Å². The number of pyridine rings is 8. The summed E-state index contributed by atoms with van der Waals surface area (Å²) in [4.78, 5) is 38.7. The van der Waals surface area contributed by atoms with Crippen LogP contribution in [0.4, 0.5) is 0 Å². The molecule has 8 heterocycles. The Morgan fingerprint density at radius 3 is 0.908 bits per heavy atom. The lowest BCUT2D eigenvalue weighted by Gasteiger charge is -2.11. The topological polar surface area (TPSA) is 103 Å². The molecule has 0 spiro atoms. The molecule has 8 nitrogen and oxygen atoms in total. The fourth-order valence-corrected chi connectivity index (χ4v) is 13.6. The first-order valence-electron chi connectivity index (χ1n) is 32.8. The van der Waals surface area contributed by atoms with Gasteiger partial charge in [-0.15, -0.1) is 0 Å². The zero-order chi connectivity index (χ0) is 64.9. The fraction of sp³-hybridized carbons (Fsp3) is 0. The summed E-state index contributed by atoms with van der Waals surface area (Å²) in [6.45, 7) is 0. The van der Waals surface area contributed by atoms with Crippen LogP contribution >= 0.6 is 0 Å². The van der Waals surface area contributed by atoms with Gasteiger partial charge in [0.15, 0.2) is 0 Å². The lowest BCUT2D eigenvalue weighted by atomic mass is 9.96. The summed E-state index contributed by atoms with van der Waals surface area (Å²) in [5.74, 6) is 0. The van der Waals surface area contributed by atoms with E-state index in [-0.39, 0.29) is 0 Å². The average Bonchev–Trinajstić information content (AvgIpc) is 0.775. The highest BCUT2D eigenvalue weighted by Gasteiger charge is 2.16. The molecule has 98 heavy (non-hydrogen) atoms. The van der Waals surface area contributed by atoms with Crippen molar-refractivity contribution in [1.29, 1.82) is 0 Å². The molecule has 11 aromatic carbocycles. The molecule has 0 unspecified atom stereocenters.